The van der Waals surface area contributed by atoms with E-state index >= 15 is 0 Å². The highest BCUT2D eigenvalue weighted by atomic mass is 15.4. The van der Waals surface area contributed by atoms with Gasteiger partial charge in [-0.25, -0.2) is 0 Å². The molecule has 0 amide bonds. The molecule has 0 unspecified atom stereocenters. The Morgan fingerprint density at radius 3 is 2.40 bits per heavy atom. The van der Waals surface area contributed by atoms with E-state index in [9.17, 15) is 0 Å². The zero-order valence-electron chi connectivity index (χ0n) is 10.3. The first-order chi connectivity index (χ1) is 7.17. The van der Waals surface area contributed by atoms with Crippen LogP contribution in [-0.2, 0) is 0 Å². The van der Waals surface area contributed by atoms with Crippen molar-refractivity contribution in [2.45, 2.75) is 32.1 Å². The molecule has 86 valence electrons. The number of guanidine groups is 1. The fourth-order valence-corrected chi connectivity index (χ4v) is 3.26. The van der Waals surface area contributed by atoms with Crippen LogP contribution in [0.5, 0.6) is 0 Å². The summed E-state index contributed by atoms with van der Waals surface area (Å²) in [4.78, 5) is 8.99. The van der Waals surface area contributed by atoms with Gasteiger partial charge in [0.05, 0.1) is 0 Å². The standard InChI is InChI=1S/C12H23N3/c1-13-11(14(2)3)15-9-8-12(10-15)6-4-5-7-12/h4-10H2,1-3H3. The summed E-state index contributed by atoms with van der Waals surface area (Å²) in [7, 11) is 6.07. The van der Waals surface area contributed by atoms with Crippen LogP contribution in [0.1, 0.15) is 32.1 Å². The summed E-state index contributed by atoms with van der Waals surface area (Å²) in [5, 5.41) is 0. The van der Waals surface area contributed by atoms with E-state index in [2.05, 4.69) is 28.9 Å². The van der Waals surface area contributed by atoms with Crippen LogP contribution in [0.25, 0.3) is 0 Å². The highest BCUT2D eigenvalue weighted by Crippen LogP contribution is 2.45. The molecule has 15 heavy (non-hydrogen) atoms. The maximum Gasteiger partial charge on any atom is 0.195 e. The van der Waals surface area contributed by atoms with Gasteiger partial charge in [-0.15, -0.1) is 0 Å². The molecule has 1 saturated heterocycles. The number of aliphatic imine (C=N–C) groups is 1. The van der Waals surface area contributed by atoms with Crippen molar-refractivity contribution in [1.82, 2.24) is 9.80 Å². The minimum atomic E-state index is 0.645. The lowest BCUT2D eigenvalue weighted by atomic mass is 9.86. The molecule has 2 rings (SSSR count). The predicted molar refractivity (Wildman–Crippen MR) is 64.1 cm³/mol. The van der Waals surface area contributed by atoms with Crippen LogP contribution in [0.3, 0.4) is 0 Å². The second-order valence-electron chi connectivity index (χ2n) is 5.30. The number of rotatable bonds is 0. The van der Waals surface area contributed by atoms with Crippen molar-refractivity contribution >= 4 is 5.96 Å². The lowest BCUT2D eigenvalue weighted by Crippen LogP contribution is -2.40. The maximum atomic E-state index is 4.39. The number of hydrogen-bond donors (Lipinski definition) is 0. The largest absolute Gasteiger partial charge is 0.349 e. The second-order valence-corrected chi connectivity index (χ2v) is 5.30. The van der Waals surface area contributed by atoms with E-state index < -0.39 is 0 Å². The Hall–Kier alpha value is -0.730. The second kappa shape index (κ2) is 4.03. The molecule has 0 bridgehead atoms. The van der Waals surface area contributed by atoms with Gasteiger partial charge in [0, 0.05) is 34.2 Å². The van der Waals surface area contributed by atoms with Gasteiger partial charge in [-0.3, -0.25) is 4.99 Å². The molecule has 0 aromatic heterocycles. The molecule has 0 aromatic carbocycles. The molecule has 1 aliphatic carbocycles. The van der Waals surface area contributed by atoms with Gasteiger partial charge in [-0.2, -0.15) is 0 Å². The number of hydrogen-bond acceptors (Lipinski definition) is 1. The van der Waals surface area contributed by atoms with E-state index in [-0.39, 0.29) is 0 Å². The van der Waals surface area contributed by atoms with Gasteiger partial charge in [-0.05, 0) is 24.7 Å². The van der Waals surface area contributed by atoms with E-state index in [0.29, 0.717) is 5.41 Å². The van der Waals surface area contributed by atoms with E-state index in [1.54, 1.807) is 0 Å². The van der Waals surface area contributed by atoms with Crippen LogP contribution in [0.15, 0.2) is 4.99 Å². The van der Waals surface area contributed by atoms with Crippen LogP contribution < -0.4 is 0 Å². The third kappa shape index (κ3) is 1.97. The summed E-state index contributed by atoms with van der Waals surface area (Å²) in [6, 6.07) is 0. The number of nitrogens with zero attached hydrogens (tertiary/aromatic N) is 3. The fourth-order valence-electron chi connectivity index (χ4n) is 3.26. The maximum absolute atomic E-state index is 4.39. The molecular formula is C12H23N3. The molecule has 3 nitrogen and oxygen atoms in total. The zero-order chi connectivity index (χ0) is 10.9. The molecule has 1 heterocycles. The normalized spacial score (nSPS) is 25.3. The van der Waals surface area contributed by atoms with Gasteiger partial charge in [0.25, 0.3) is 0 Å². The summed E-state index contributed by atoms with van der Waals surface area (Å²) < 4.78 is 0. The minimum absolute atomic E-state index is 0.645. The average molecular weight is 209 g/mol. The topological polar surface area (TPSA) is 18.8 Å². The zero-order valence-corrected chi connectivity index (χ0v) is 10.3. The van der Waals surface area contributed by atoms with Crippen LogP contribution in [-0.4, -0.2) is 50.0 Å². The minimum Gasteiger partial charge on any atom is -0.349 e. The van der Waals surface area contributed by atoms with E-state index in [4.69, 9.17) is 0 Å². The Balaban J connectivity index is 2.03. The SMILES string of the molecule is CN=C(N(C)C)N1CCC2(CCCC2)C1. The van der Waals surface area contributed by atoms with Crippen molar-refractivity contribution in [1.29, 1.82) is 0 Å². The van der Waals surface area contributed by atoms with Gasteiger partial charge in [0.2, 0.25) is 0 Å². The van der Waals surface area contributed by atoms with Crippen LogP contribution in [0, 0.1) is 5.41 Å². The van der Waals surface area contributed by atoms with Crippen molar-refractivity contribution < 1.29 is 0 Å². The van der Waals surface area contributed by atoms with E-state index in [0.717, 1.165) is 5.96 Å². The third-order valence-electron chi connectivity index (χ3n) is 3.99. The van der Waals surface area contributed by atoms with Crippen molar-refractivity contribution in [3.8, 4) is 0 Å². The highest BCUT2D eigenvalue weighted by Gasteiger charge is 2.41. The molecule has 3 heteroatoms. The predicted octanol–water partition coefficient (Wildman–Crippen LogP) is 1.80. The average Bonchev–Trinajstić information content (AvgIpc) is 2.79. The van der Waals surface area contributed by atoms with Gasteiger partial charge < -0.3 is 9.80 Å². The van der Waals surface area contributed by atoms with Gasteiger partial charge in [-0.1, -0.05) is 12.8 Å². The van der Waals surface area contributed by atoms with Crippen LogP contribution in [0.2, 0.25) is 0 Å². The fraction of sp³-hybridized carbons (Fsp3) is 0.917. The Kier molecular flexibility index (Phi) is 2.89. The van der Waals surface area contributed by atoms with Crippen molar-refractivity contribution in [2.75, 3.05) is 34.2 Å². The van der Waals surface area contributed by atoms with Crippen LogP contribution in [0.4, 0.5) is 0 Å². The van der Waals surface area contributed by atoms with Crippen molar-refractivity contribution in [3.63, 3.8) is 0 Å². The molecule has 1 spiro atoms. The number of likely N-dealkylation sites (tertiary alicyclic amines) is 1. The molecule has 0 aromatic rings. The first-order valence-electron chi connectivity index (χ1n) is 6.06. The molecule has 0 atom stereocenters. The lowest BCUT2D eigenvalue weighted by Gasteiger charge is -2.28. The van der Waals surface area contributed by atoms with Crippen molar-refractivity contribution in [3.05, 3.63) is 0 Å². The molecule has 1 aliphatic heterocycles. The summed E-state index contributed by atoms with van der Waals surface area (Å²) in [5.41, 5.74) is 0.645. The van der Waals surface area contributed by atoms with Gasteiger partial charge >= 0.3 is 0 Å². The summed E-state index contributed by atoms with van der Waals surface area (Å²) in [6.45, 7) is 2.43. The Morgan fingerprint density at radius 1 is 1.20 bits per heavy atom. The summed E-state index contributed by atoms with van der Waals surface area (Å²) in [5.74, 6) is 1.15. The van der Waals surface area contributed by atoms with E-state index in [1.165, 1.54) is 45.2 Å². The molecular weight excluding hydrogens is 186 g/mol. The van der Waals surface area contributed by atoms with E-state index in [1.807, 2.05) is 7.05 Å². The lowest BCUT2D eigenvalue weighted by molar-refractivity contribution is 0.302. The Bertz CT molecular complexity index is 252. The van der Waals surface area contributed by atoms with Gasteiger partial charge in [0.1, 0.15) is 0 Å². The third-order valence-corrected chi connectivity index (χ3v) is 3.99. The monoisotopic (exact) mass is 209 g/mol. The first kappa shape index (κ1) is 10.8. The Labute approximate surface area is 93.2 Å². The first-order valence-corrected chi connectivity index (χ1v) is 6.06. The Morgan fingerprint density at radius 2 is 1.87 bits per heavy atom. The molecule has 1 saturated carbocycles. The molecule has 2 fully saturated rings. The quantitative estimate of drug-likeness (QED) is 0.447. The molecule has 0 radical (unpaired) electrons. The molecule has 0 N–H and O–H groups in total. The highest BCUT2D eigenvalue weighted by molar-refractivity contribution is 5.79. The van der Waals surface area contributed by atoms with Crippen molar-refractivity contribution in [2.24, 2.45) is 10.4 Å². The summed E-state index contributed by atoms with van der Waals surface area (Å²) in [6.07, 6.45) is 7.13. The van der Waals surface area contributed by atoms with Crippen LogP contribution >= 0.6 is 0 Å². The summed E-state index contributed by atoms with van der Waals surface area (Å²) >= 11 is 0. The smallest absolute Gasteiger partial charge is 0.195 e. The van der Waals surface area contributed by atoms with Gasteiger partial charge in [0.15, 0.2) is 5.96 Å². The molecule has 2 aliphatic rings.